The third kappa shape index (κ3) is 3.84. The second-order valence-electron chi connectivity index (χ2n) is 4.90. The highest BCUT2D eigenvalue weighted by Crippen LogP contribution is 2.06. The van der Waals surface area contributed by atoms with Crippen LogP contribution >= 0.6 is 0 Å². The highest BCUT2D eigenvalue weighted by molar-refractivity contribution is 4.97. The molecule has 0 amide bonds. The van der Waals surface area contributed by atoms with E-state index in [0.717, 1.165) is 25.4 Å². The van der Waals surface area contributed by atoms with Gasteiger partial charge in [0.2, 0.25) is 0 Å². The number of hydrogen-bond donors (Lipinski definition) is 1. The molecule has 1 aromatic heterocycles. The highest BCUT2D eigenvalue weighted by atomic mass is 16.3. The maximum absolute atomic E-state index is 5.28. The van der Waals surface area contributed by atoms with Crippen LogP contribution in [0, 0.1) is 0 Å². The van der Waals surface area contributed by atoms with Crippen molar-refractivity contribution in [2.75, 3.05) is 39.8 Å². The minimum absolute atomic E-state index is 0.666. The van der Waals surface area contributed by atoms with Crippen molar-refractivity contribution < 1.29 is 4.42 Å². The lowest BCUT2D eigenvalue weighted by Gasteiger charge is -2.38. The first-order valence-electron chi connectivity index (χ1n) is 6.41. The second-order valence-corrected chi connectivity index (χ2v) is 4.90. The largest absolute Gasteiger partial charge is 0.468 e. The van der Waals surface area contributed by atoms with Crippen LogP contribution in [0.3, 0.4) is 0 Å². The van der Waals surface area contributed by atoms with Crippen LogP contribution < -0.4 is 5.32 Å². The Hall–Kier alpha value is -0.840. The molecule has 1 saturated heterocycles. The molecule has 4 heteroatoms. The van der Waals surface area contributed by atoms with Gasteiger partial charge >= 0.3 is 0 Å². The molecule has 1 aliphatic heterocycles. The van der Waals surface area contributed by atoms with Crippen LogP contribution in [0.1, 0.15) is 12.7 Å². The fraction of sp³-hybridized carbons (Fsp3) is 0.692. The van der Waals surface area contributed by atoms with E-state index >= 15 is 0 Å². The normalized spacial score (nSPS) is 23.1. The molecule has 1 N–H and O–H groups in total. The van der Waals surface area contributed by atoms with E-state index in [9.17, 15) is 0 Å². The predicted molar refractivity (Wildman–Crippen MR) is 68.9 cm³/mol. The van der Waals surface area contributed by atoms with Gasteiger partial charge in [-0.3, -0.25) is 4.90 Å². The summed E-state index contributed by atoms with van der Waals surface area (Å²) < 4.78 is 5.28. The first kappa shape index (κ1) is 12.6. The number of likely N-dealkylation sites (N-methyl/N-ethyl adjacent to an activating group) is 1. The predicted octanol–water partition coefficient (Wildman–Crippen LogP) is 1.01. The van der Waals surface area contributed by atoms with Gasteiger partial charge < -0.3 is 14.6 Å². The summed E-state index contributed by atoms with van der Waals surface area (Å²) >= 11 is 0. The quantitative estimate of drug-likeness (QED) is 0.774. The maximum atomic E-state index is 5.28. The number of nitrogens with one attached hydrogen (secondary N) is 1. The van der Waals surface area contributed by atoms with Crippen molar-refractivity contribution in [2.45, 2.75) is 19.5 Å². The Morgan fingerprint density at radius 1 is 1.47 bits per heavy atom. The number of piperazine rings is 1. The van der Waals surface area contributed by atoms with Crippen LogP contribution in [0.2, 0.25) is 0 Å². The minimum Gasteiger partial charge on any atom is -0.468 e. The molecule has 0 spiro atoms. The molecule has 0 aromatic carbocycles. The Balaban J connectivity index is 1.61. The summed E-state index contributed by atoms with van der Waals surface area (Å²) in [5.74, 6) is 1.01. The molecule has 0 saturated carbocycles. The minimum atomic E-state index is 0.666. The van der Waals surface area contributed by atoms with Crippen LogP contribution in [-0.4, -0.2) is 55.6 Å². The lowest BCUT2D eigenvalue weighted by molar-refractivity contribution is 0.101. The third-order valence-corrected chi connectivity index (χ3v) is 3.42. The van der Waals surface area contributed by atoms with Gasteiger partial charge in [0.05, 0.1) is 12.8 Å². The number of hydrogen-bond acceptors (Lipinski definition) is 4. The summed E-state index contributed by atoms with van der Waals surface area (Å²) in [6.07, 6.45) is 1.72. The van der Waals surface area contributed by atoms with Crippen LogP contribution in [0.25, 0.3) is 0 Å². The van der Waals surface area contributed by atoms with Crippen LogP contribution in [0.5, 0.6) is 0 Å². The lowest BCUT2D eigenvalue weighted by Crippen LogP contribution is -2.51. The summed E-state index contributed by atoms with van der Waals surface area (Å²) in [6, 6.07) is 4.60. The summed E-state index contributed by atoms with van der Waals surface area (Å²) in [5.41, 5.74) is 0. The van der Waals surface area contributed by atoms with Gasteiger partial charge in [0.15, 0.2) is 0 Å². The number of nitrogens with zero attached hydrogens (tertiary/aromatic N) is 2. The fourth-order valence-corrected chi connectivity index (χ4v) is 2.36. The molecule has 2 rings (SSSR count). The molecule has 4 nitrogen and oxygen atoms in total. The Bertz CT molecular complexity index is 312. The lowest BCUT2D eigenvalue weighted by atomic mass is 10.2. The number of furan rings is 1. The standard InChI is InChI=1S/C13H23N3O/c1-12-11-15(2)7-8-16(12)6-5-14-10-13-4-3-9-17-13/h3-4,9,12,14H,5-8,10-11H2,1-2H3. The van der Waals surface area contributed by atoms with Crippen molar-refractivity contribution in [3.63, 3.8) is 0 Å². The van der Waals surface area contributed by atoms with Gasteiger partial charge in [0.25, 0.3) is 0 Å². The average Bonchev–Trinajstić information content (AvgIpc) is 2.79. The molecule has 1 unspecified atom stereocenters. The molecule has 0 aliphatic carbocycles. The Morgan fingerprint density at radius 2 is 2.35 bits per heavy atom. The van der Waals surface area contributed by atoms with E-state index in [1.807, 2.05) is 12.1 Å². The van der Waals surface area contributed by atoms with E-state index in [0.29, 0.717) is 6.04 Å². The molecular weight excluding hydrogens is 214 g/mol. The van der Waals surface area contributed by atoms with Crippen LogP contribution in [-0.2, 0) is 6.54 Å². The molecule has 0 radical (unpaired) electrons. The monoisotopic (exact) mass is 237 g/mol. The van der Waals surface area contributed by atoms with Gasteiger partial charge in [-0.2, -0.15) is 0 Å². The molecular formula is C13H23N3O. The van der Waals surface area contributed by atoms with Gasteiger partial charge in [0.1, 0.15) is 5.76 Å². The second kappa shape index (κ2) is 6.19. The molecule has 1 aliphatic rings. The molecule has 1 atom stereocenters. The van der Waals surface area contributed by atoms with Crippen LogP contribution in [0.15, 0.2) is 22.8 Å². The van der Waals surface area contributed by atoms with Crippen molar-refractivity contribution in [1.29, 1.82) is 0 Å². The SMILES string of the molecule is CC1CN(C)CCN1CCNCc1ccco1. The molecule has 17 heavy (non-hydrogen) atoms. The molecule has 0 bridgehead atoms. The van der Waals surface area contributed by atoms with E-state index in [4.69, 9.17) is 4.42 Å². The smallest absolute Gasteiger partial charge is 0.117 e. The molecule has 2 heterocycles. The molecule has 1 aromatic rings. The zero-order valence-corrected chi connectivity index (χ0v) is 10.9. The number of rotatable bonds is 5. The Morgan fingerprint density at radius 3 is 3.06 bits per heavy atom. The summed E-state index contributed by atoms with van der Waals surface area (Å²) in [7, 11) is 2.20. The Kier molecular flexibility index (Phi) is 4.59. The topological polar surface area (TPSA) is 31.6 Å². The van der Waals surface area contributed by atoms with Crippen molar-refractivity contribution in [3.8, 4) is 0 Å². The first-order valence-corrected chi connectivity index (χ1v) is 6.41. The van der Waals surface area contributed by atoms with E-state index in [1.165, 1.54) is 19.6 Å². The van der Waals surface area contributed by atoms with Crippen molar-refractivity contribution in [1.82, 2.24) is 15.1 Å². The van der Waals surface area contributed by atoms with Crippen molar-refractivity contribution >= 4 is 0 Å². The van der Waals surface area contributed by atoms with E-state index in [-0.39, 0.29) is 0 Å². The van der Waals surface area contributed by atoms with Crippen molar-refractivity contribution in [3.05, 3.63) is 24.2 Å². The highest BCUT2D eigenvalue weighted by Gasteiger charge is 2.20. The first-order chi connectivity index (χ1) is 8.25. The Labute approximate surface area is 104 Å². The summed E-state index contributed by atoms with van der Waals surface area (Å²) in [5, 5.41) is 3.42. The fourth-order valence-electron chi connectivity index (χ4n) is 2.36. The van der Waals surface area contributed by atoms with Gasteiger partial charge in [-0.05, 0) is 26.1 Å². The van der Waals surface area contributed by atoms with E-state index < -0.39 is 0 Å². The molecule has 1 fully saturated rings. The zero-order valence-electron chi connectivity index (χ0n) is 10.9. The van der Waals surface area contributed by atoms with E-state index in [2.05, 4.69) is 29.1 Å². The van der Waals surface area contributed by atoms with E-state index in [1.54, 1.807) is 6.26 Å². The maximum Gasteiger partial charge on any atom is 0.117 e. The van der Waals surface area contributed by atoms with Crippen molar-refractivity contribution in [2.24, 2.45) is 0 Å². The third-order valence-electron chi connectivity index (χ3n) is 3.42. The zero-order chi connectivity index (χ0) is 12.1. The summed E-state index contributed by atoms with van der Waals surface area (Å²) in [6.45, 7) is 8.82. The average molecular weight is 237 g/mol. The van der Waals surface area contributed by atoms with Crippen LogP contribution in [0.4, 0.5) is 0 Å². The van der Waals surface area contributed by atoms with Gasteiger partial charge in [-0.25, -0.2) is 0 Å². The molecule has 96 valence electrons. The summed E-state index contributed by atoms with van der Waals surface area (Å²) in [4.78, 5) is 4.95. The van der Waals surface area contributed by atoms with Gasteiger partial charge in [-0.1, -0.05) is 0 Å². The van der Waals surface area contributed by atoms with Gasteiger partial charge in [-0.15, -0.1) is 0 Å². The van der Waals surface area contributed by atoms with Gasteiger partial charge in [0, 0.05) is 38.8 Å².